The molecule has 0 aromatic heterocycles. The highest BCUT2D eigenvalue weighted by Crippen LogP contribution is 2.26. The summed E-state index contributed by atoms with van der Waals surface area (Å²) in [6, 6.07) is 6.23. The van der Waals surface area contributed by atoms with Gasteiger partial charge in [-0.2, -0.15) is 0 Å². The predicted octanol–water partition coefficient (Wildman–Crippen LogP) is 1.01. The Balaban J connectivity index is 2.87. The fraction of sp³-hybridized carbons (Fsp3) is 0.467. The highest BCUT2D eigenvalue weighted by Gasteiger charge is 2.29. The number of carboxylic acid groups (broad SMARTS) is 1. The van der Waals surface area contributed by atoms with Crippen molar-refractivity contribution in [3.8, 4) is 0 Å². The highest BCUT2D eigenvalue weighted by molar-refractivity contribution is 5.80. The number of carboxylic acids is 1. The number of rotatable bonds is 6. The number of methoxy groups -OCH3 is 1. The quantitative estimate of drug-likeness (QED) is 0.677. The zero-order chi connectivity index (χ0) is 16.2. The van der Waals surface area contributed by atoms with Crippen molar-refractivity contribution in [1.29, 1.82) is 0 Å². The Bertz CT molecular complexity index is 505. The van der Waals surface area contributed by atoms with Crippen LogP contribution in [0.25, 0.3) is 0 Å². The van der Waals surface area contributed by atoms with Gasteiger partial charge in [0.2, 0.25) is 0 Å². The summed E-state index contributed by atoms with van der Waals surface area (Å²) in [6.45, 7) is 3.15. The van der Waals surface area contributed by atoms with Crippen LogP contribution in [0.3, 0.4) is 0 Å². The maximum atomic E-state index is 11.2. The van der Waals surface area contributed by atoms with Crippen LogP contribution in [0.4, 0.5) is 0 Å². The number of carbonyl (C=O) groups is 2. The topological polar surface area (TPSA) is 104 Å². The molecule has 2 atom stereocenters. The first kappa shape index (κ1) is 17.1. The van der Waals surface area contributed by atoms with Crippen molar-refractivity contribution in [2.75, 3.05) is 7.11 Å². The first-order valence-electron chi connectivity index (χ1n) is 6.47. The summed E-state index contributed by atoms with van der Waals surface area (Å²) in [7, 11) is 1.20. The monoisotopic (exact) mass is 296 g/mol. The number of benzene rings is 1. The molecule has 3 N–H and O–H groups in total. The molecule has 0 amide bonds. The summed E-state index contributed by atoms with van der Waals surface area (Å²) in [5.74, 6) is -1.58. The highest BCUT2D eigenvalue weighted by atomic mass is 16.5. The first-order valence-corrected chi connectivity index (χ1v) is 6.47. The number of aliphatic hydroxyl groups is 2. The second-order valence-electron chi connectivity index (χ2n) is 5.34. The van der Waals surface area contributed by atoms with Gasteiger partial charge in [0.1, 0.15) is 6.10 Å². The third kappa shape index (κ3) is 4.03. The molecule has 0 aliphatic carbocycles. The molecule has 0 heterocycles. The molecule has 0 spiro atoms. The van der Waals surface area contributed by atoms with Gasteiger partial charge >= 0.3 is 11.9 Å². The third-order valence-electron chi connectivity index (χ3n) is 3.48. The van der Waals surface area contributed by atoms with Crippen LogP contribution >= 0.6 is 0 Å². The Labute approximate surface area is 123 Å². The number of aliphatic hydroxyl groups excluding tert-OH is 2. The molecule has 0 saturated carbocycles. The summed E-state index contributed by atoms with van der Waals surface area (Å²) in [5.41, 5.74) is -0.0709. The fourth-order valence-corrected chi connectivity index (χ4v) is 1.81. The first-order chi connectivity index (χ1) is 9.70. The summed E-state index contributed by atoms with van der Waals surface area (Å²) in [5, 5.41) is 28.9. The van der Waals surface area contributed by atoms with Crippen molar-refractivity contribution in [3.05, 3.63) is 35.4 Å². The molecule has 0 aliphatic heterocycles. The van der Waals surface area contributed by atoms with E-state index >= 15 is 0 Å². The smallest absolute Gasteiger partial charge is 0.313 e. The molecule has 1 aromatic rings. The van der Waals surface area contributed by atoms with Crippen molar-refractivity contribution in [2.24, 2.45) is 0 Å². The molecule has 0 bridgehead atoms. The number of ether oxygens (including phenoxy) is 1. The van der Waals surface area contributed by atoms with Crippen molar-refractivity contribution < 1.29 is 29.6 Å². The Morgan fingerprint density at radius 1 is 1.19 bits per heavy atom. The molecule has 0 saturated heterocycles. The number of carbonyl (C=O) groups excluding carboxylic acids is 1. The largest absolute Gasteiger partial charge is 0.481 e. The SMILES string of the molecule is COC(=O)CC(O)C(O)c1ccc(C(C)(C)C(=O)O)cc1. The van der Waals surface area contributed by atoms with E-state index in [1.807, 2.05) is 0 Å². The van der Waals surface area contributed by atoms with Gasteiger partial charge in [0.15, 0.2) is 0 Å². The third-order valence-corrected chi connectivity index (χ3v) is 3.48. The standard InChI is InChI=1S/C15H20O6/c1-15(2,14(19)20)10-6-4-9(5-7-10)13(18)11(16)8-12(17)21-3/h4-7,11,13,16,18H,8H2,1-3H3,(H,19,20). The van der Waals surface area contributed by atoms with Crippen LogP contribution in [0.2, 0.25) is 0 Å². The molecule has 0 fully saturated rings. The molecule has 116 valence electrons. The van der Waals surface area contributed by atoms with Crippen molar-refractivity contribution in [2.45, 2.75) is 37.9 Å². The van der Waals surface area contributed by atoms with Gasteiger partial charge in [0.05, 0.1) is 25.0 Å². The minimum Gasteiger partial charge on any atom is -0.481 e. The lowest BCUT2D eigenvalue weighted by Gasteiger charge is -2.21. The molecular formula is C15H20O6. The van der Waals surface area contributed by atoms with E-state index in [1.165, 1.54) is 19.2 Å². The molecule has 0 radical (unpaired) electrons. The molecule has 1 rings (SSSR count). The van der Waals surface area contributed by atoms with Gasteiger partial charge in [-0.1, -0.05) is 24.3 Å². The maximum Gasteiger partial charge on any atom is 0.313 e. The second-order valence-corrected chi connectivity index (χ2v) is 5.34. The van der Waals surface area contributed by atoms with Crippen LogP contribution < -0.4 is 0 Å². The van der Waals surface area contributed by atoms with Gasteiger partial charge in [0.25, 0.3) is 0 Å². The van der Waals surface area contributed by atoms with E-state index < -0.39 is 29.6 Å². The van der Waals surface area contributed by atoms with E-state index in [4.69, 9.17) is 5.11 Å². The van der Waals surface area contributed by atoms with E-state index in [-0.39, 0.29) is 6.42 Å². The number of aliphatic carboxylic acids is 1. The van der Waals surface area contributed by atoms with E-state index in [2.05, 4.69) is 4.74 Å². The van der Waals surface area contributed by atoms with Crippen LogP contribution in [-0.4, -0.2) is 40.5 Å². The van der Waals surface area contributed by atoms with Gasteiger partial charge in [-0.05, 0) is 25.0 Å². The summed E-state index contributed by atoms with van der Waals surface area (Å²) < 4.78 is 4.42. The minimum absolute atomic E-state index is 0.319. The van der Waals surface area contributed by atoms with E-state index in [9.17, 15) is 19.8 Å². The van der Waals surface area contributed by atoms with Crippen molar-refractivity contribution in [3.63, 3.8) is 0 Å². The minimum atomic E-state index is -1.28. The second kappa shape index (κ2) is 6.69. The lowest BCUT2D eigenvalue weighted by Crippen LogP contribution is -2.28. The molecule has 1 aromatic carbocycles. The molecule has 6 heteroatoms. The van der Waals surface area contributed by atoms with Gasteiger partial charge in [0, 0.05) is 0 Å². The average Bonchev–Trinajstić information content (AvgIpc) is 2.46. The molecule has 2 unspecified atom stereocenters. The van der Waals surface area contributed by atoms with E-state index in [0.29, 0.717) is 11.1 Å². The molecule has 21 heavy (non-hydrogen) atoms. The Morgan fingerprint density at radius 2 is 1.71 bits per heavy atom. The number of hydrogen-bond donors (Lipinski definition) is 3. The Hall–Kier alpha value is -1.92. The van der Waals surface area contributed by atoms with Crippen LogP contribution in [0.15, 0.2) is 24.3 Å². The number of esters is 1. The van der Waals surface area contributed by atoms with E-state index in [1.54, 1.807) is 26.0 Å². The van der Waals surface area contributed by atoms with Gasteiger partial charge in [-0.25, -0.2) is 0 Å². The zero-order valence-corrected chi connectivity index (χ0v) is 12.2. The average molecular weight is 296 g/mol. The predicted molar refractivity (Wildman–Crippen MR) is 74.7 cm³/mol. The fourth-order valence-electron chi connectivity index (χ4n) is 1.81. The molecule has 0 aliphatic rings. The summed E-state index contributed by atoms with van der Waals surface area (Å²) >= 11 is 0. The zero-order valence-electron chi connectivity index (χ0n) is 12.2. The lowest BCUT2D eigenvalue weighted by atomic mass is 9.84. The van der Waals surface area contributed by atoms with Crippen LogP contribution in [0, 0.1) is 0 Å². The molecule has 6 nitrogen and oxygen atoms in total. The normalized spacial score (nSPS) is 14.3. The van der Waals surface area contributed by atoms with Crippen LogP contribution in [-0.2, 0) is 19.7 Å². The van der Waals surface area contributed by atoms with Crippen LogP contribution in [0.5, 0.6) is 0 Å². The van der Waals surface area contributed by atoms with Crippen molar-refractivity contribution in [1.82, 2.24) is 0 Å². The maximum absolute atomic E-state index is 11.2. The van der Waals surface area contributed by atoms with Gasteiger partial charge < -0.3 is 20.1 Å². The van der Waals surface area contributed by atoms with Gasteiger partial charge in [-0.15, -0.1) is 0 Å². The van der Waals surface area contributed by atoms with E-state index in [0.717, 1.165) is 0 Å². The lowest BCUT2D eigenvalue weighted by molar-refractivity contribution is -0.145. The summed E-state index contributed by atoms with van der Waals surface area (Å²) in [4.78, 5) is 22.2. The Morgan fingerprint density at radius 3 is 2.14 bits per heavy atom. The number of hydrogen-bond acceptors (Lipinski definition) is 5. The van der Waals surface area contributed by atoms with Gasteiger partial charge in [-0.3, -0.25) is 9.59 Å². The Kier molecular flexibility index (Phi) is 5.46. The summed E-state index contributed by atoms with van der Waals surface area (Å²) in [6.07, 6.45) is -2.85. The molecular weight excluding hydrogens is 276 g/mol. The van der Waals surface area contributed by atoms with Crippen molar-refractivity contribution >= 4 is 11.9 Å². The van der Waals surface area contributed by atoms with Crippen LogP contribution in [0.1, 0.15) is 37.5 Å².